The Morgan fingerprint density at radius 1 is 0.964 bits per heavy atom. The van der Waals surface area contributed by atoms with E-state index in [0.29, 0.717) is 22.8 Å². The van der Waals surface area contributed by atoms with Gasteiger partial charge in [-0.05, 0) is 36.4 Å². The van der Waals surface area contributed by atoms with Crippen molar-refractivity contribution >= 4 is 17.4 Å². The first kappa shape index (κ1) is 18.8. The fourth-order valence-electron chi connectivity index (χ4n) is 2.30. The van der Waals surface area contributed by atoms with Crippen molar-refractivity contribution in [2.75, 3.05) is 25.4 Å². The molecule has 1 amide bonds. The minimum absolute atomic E-state index is 0.126. The van der Waals surface area contributed by atoms with Gasteiger partial charge in [-0.3, -0.25) is 15.6 Å². The van der Waals surface area contributed by atoms with Crippen LogP contribution in [0.5, 0.6) is 23.1 Å². The van der Waals surface area contributed by atoms with E-state index in [2.05, 4.69) is 20.8 Å². The van der Waals surface area contributed by atoms with Crippen molar-refractivity contribution in [1.29, 1.82) is 0 Å². The highest BCUT2D eigenvalue weighted by Crippen LogP contribution is 2.34. The zero-order valence-electron chi connectivity index (χ0n) is 15.3. The van der Waals surface area contributed by atoms with Gasteiger partial charge in [0.05, 0.1) is 14.2 Å². The van der Waals surface area contributed by atoms with Gasteiger partial charge in [0.2, 0.25) is 5.88 Å². The number of anilines is 2. The smallest absolute Gasteiger partial charge is 0.269 e. The van der Waals surface area contributed by atoms with Gasteiger partial charge in [-0.1, -0.05) is 12.1 Å². The van der Waals surface area contributed by atoms with Crippen LogP contribution in [0.25, 0.3) is 0 Å². The van der Waals surface area contributed by atoms with E-state index in [-0.39, 0.29) is 23.3 Å². The summed E-state index contributed by atoms with van der Waals surface area (Å²) in [6.45, 7) is 0. The van der Waals surface area contributed by atoms with Crippen molar-refractivity contribution in [2.24, 2.45) is 0 Å². The summed E-state index contributed by atoms with van der Waals surface area (Å²) in [5.41, 5.74) is 11.8. The second-order valence-electron chi connectivity index (χ2n) is 5.50. The van der Waals surface area contributed by atoms with Gasteiger partial charge in [-0.2, -0.15) is 4.98 Å². The second kappa shape index (κ2) is 8.58. The quantitative estimate of drug-likeness (QED) is 0.534. The fraction of sp³-hybridized carbons (Fsp3) is 0.105. The molecule has 2 aromatic carbocycles. The SMILES string of the molecule is COc1ccc(C(=O)NNc2ncnc(Oc3ccccc3OC)c2N)cc1. The summed E-state index contributed by atoms with van der Waals surface area (Å²) in [6, 6.07) is 13.7. The molecular weight excluding hydrogens is 362 g/mol. The Kier molecular flexibility index (Phi) is 5.75. The molecule has 3 rings (SSSR count). The molecule has 0 saturated carbocycles. The topological polar surface area (TPSA) is 121 Å². The van der Waals surface area contributed by atoms with E-state index in [0.717, 1.165) is 0 Å². The second-order valence-corrected chi connectivity index (χ2v) is 5.50. The van der Waals surface area contributed by atoms with Gasteiger partial charge in [0.1, 0.15) is 17.8 Å². The molecule has 0 aliphatic rings. The fourth-order valence-corrected chi connectivity index (χ4v) is 2.30. The normalized spacial score (nSPS) is 10.1. The number of hydrogen-bond acceptors (Lipinski definition) is 8. The molecule has 0 saturated heterocycles. The Balaban J connectivity index is 1.71. The van der Waals surface area contributed by atoms with Gasteiger partial charge in [0.25, 0.3) is 5.91 Å². The number of nitrogens with zero attached hydrogens (tertiary/aromatic N) is 2. The number of amides is 1. The van der Waals surface area contributed by atoms with Crippen LogP contribution in [0.15, 0.2) is 54.9 Å². The van der Waals surface area contributed by atoms with E-state index in [1.54, 1.807) is 49.6 Å². The number of aromatic nitrogens is 2. The number of para-hydroxylation sites is 2. The number of carbonyl (C=O) groups excluding carboxylic acids is 1. The molecule has 0 bridgehead atoms. The number of carbonyl (C=O) groups is 1. The van der Waals surface area contributed by atoms with Gasteiger partial charge >= 0.3 is 0 Å². The molecule has 0 unspecified atom stereocenters. The number of rotatable bonds is 7. The van der Waals surface area contributed by atoms with Crippen molar-refractivity contribution in [3.05, 3.63) is 60.4 Å². The Hall–Kier alpha value is -4.01. The van der Waals surface area contributed by atoms with Crippen LogP contribution in [0.2, 0.25) is 0 Å². The standard InChI is InChI=1S/C19H19N5O4/c1-26-13-9-7-12(8-10-13)18(25)24-23-17-16(20)19(22-11-21-17)28-15-6-4-3-5-14(15)27-2/h3-11H,20H2,1-2H3,(H,24,25)(H,21,22,23). The summed E-state index contributed by atoms with van der Waals surface area (Å²) in [4.78, 5) is 20.3. The molecule has 1 aromatic heterocycles. The van der Waals surface area contributed by atoms with Crippen LogP contribution in [0.4, 0.5) is 11.5 Å². The van der Waals surface area contributed by atoms with Gasteiger partial charge in [0.15, 0.2) is 17.3 Å². The predicted molar refractivity (Wildman–Crippen MR) is 104 cm³/mol. The van der Waals surface area contributed by atoms with Crippen molar-refractivity contribution in [1.82, 2.24) is 15.4 Å². The van der Waals surface area contributed by atoms with Gasteiger partial charge in [-0.25, -0.2) is 4.98 Å². The number of nitrogens with one attached hydrogen (secondary N) is 2. The number of benzene rings is 2. The molecule has 0 spiro atoms. The van der Waals surface area contributed by atoms with Gasteiger partial charge < -0.3 is 19.9 Å². The predicted octanol–water partition coefficient (Wildman–Crippen LogP) is 2.63. The summed E-state index contributed by atoms with van der Waals surface area (Å²) >= 11 is 0. The zero-order valence-corrected chi connectivity index (χ0v) is 15.3. The van der Waals surface area contributed by atoms with E-state index in [9.17, 15) is 4.79 Å². The third kappa shape index (κ3) is 4.21. The minimum Gasteiger partial charge on any atom is -0.497 e. The van der Waals surface area contributed by atoms with Crippen LogP contribution in [-0.2, 0) is 0 Å². The summed E-state index contributed by atoms with van der Waals surface area (Å²) in [5, 5.41) is 0. The summed E-state index contributed by atoms with van der Waals surface area (Å²) in [5.74, 6) is 1.59. The molecule has 0 aliphatic carbocycles. The summed E-state index contributed by atoms with van der Waals surface area (Å²) in [6.07, 6.45) is 1.27. The summed E-state index contributed by atoms with van der Waals surface area (Å²) < 4.78 is 16.0. The van der Waals surface area contributed by atoms with E-state index in [1.165, 1.54) is 13.4 Å². The molecule has 28 heavy (non-hydrogen) atoms. The third-order valence-corrected chi connectivity index (χ3v) is 3.77. The van der Waals surface area contributed by atoms with Crippen LogP contribution in [0.1, 0.15) is 10.4 Å². The van der Waals surface area contributed by atoms with E-state index < -0.39 is 0 Å². The molecule has 0 atom stereocenters. The molecule has 3 aromatic rings. The molecule has 1 heterocycles. The molecule has 9 heteroatoms. The molecule has 0 radical (unpaired) electrons. The number of hydrazine groups is 1. The van der Waals surface area contributed by atoms with E-state index in [4.69, 9.17) is 19.9 Å². The zero-order chi connectivity index (χ0) is 19.9. The maximum atomic E-state index is 12.2. The largest absolute Gasteiger partial charge is 0.497 e. The lowest BCUT2D eigenvalue weighted by Gasteiger charge is -2.13. The number of ether oxygens (including phenoxy) is 3. The average Bonchev–Trinajstić information content (AvgIpc) is 2.74. The number of nitrogen functional groups attached to an aromatic ring is 1. The highest BCUT2D eigenvalue weighted by Gasteiger charge is 2.14. The van der Waals surface area contributed by atoms with Crippen LogP contribution in [0, 0.1) is 0 Å². The van der Waals surface area contributed by atoms with Gasteiger partial charge in [0, 0.05) is 5.56 Å². The molecule has 9 nitrogen and oxygen atoms in total. The van der Waals surface area contributed by atoms with Crippen molar-refractivity contribution < 1.29 is 19.0 Å². The Bertz CT molecular complexity index is 963. The molecule has 0 aliphatic heterocycles. The molecule has 0 fully saturated rings. The molecular formula is C19H19N5O4. The lowest BCUT2D eigenvalue weighted by molar-refractivity contribution is 0.0962. The van der Waals surface area contributed by atoms with E-state index >= 15 is 0 Å². The average molecular weight is 381 g/mol. The lowest BCUT2D eigenvalue weighted by atomic mass is 10.2. The van der Waals surface area contributed by atoms with Crippen molar-refractivity contribution in [3.8, 4) is 23.1 Å². The highest BCUT2D eigenvalue weighted by atomic mass is 16.5. The van der Waals surface area contributed by atoms with Gasteiger partial charge in [-0.15, -0.1) is 0 Å². The maximum Gasteiger partial charge on any atom is 0.269 e. The van der Waals surface area contributed by atoms with Crippen LogP contribution >= 0.6 is 0 Å². The number of nitrogens with two attached hydrogens (primary N) is 1. The first-order chi connectivity index (χ1) is 13.6. The Morgan fingerprint density at radius 3 is 2.36 bits per heavy atom. The highest BCUT2D eigenvalue weighted by molar-refractivity contribution is 5.95. The van der Waals surface area contributed by atoms with Crippen molar-refractivity contribution in [2.45, 2.75) is 0 Å². The first-order valence-electron chi connectivity index (χ1n) is 8.24. The Labute approximate surface area is 161 Å². The Morgan fingerprint density at radius 2 is 1.68 bits per heavy atom. The minimum atomic E-state index is -0.368. The summed E-state index contributed by atoms with van der Waals surface area (Å²) in [7, 11) is 3.09. The molecule has 4 N–H and O–H groups in total. The van der Waals surface area contributed by atoms with E-state index in [1.807, 2.05) is 6.07 Å². The monoisotopic (exact) mass is 381 g/mol. The lowest BCUT2D eigenvalue weighted by Crippen LogP contribution is -2.30. The maximum absolute atomic E-state index is 12.2. The number of methoxy groups -OCH3 is 2. The number of hydrogen-bond donors (Lipinski definition) is 3. The van der Waals surface area contributed by atoms with Crippen molar-refractivity contribution in [3.63, 3.8) is 0 Å². The third-order valence-electron chi connectivity index (χ3n) is 3.77. The molecule has 144 valence electrons. The van der Waals surface area contributed by atoms with Crippen LogP contribution < -0.4 is 30.8 Å². The first-order valence-corrected chi connectivity index (χ1v) is 8.24. The van der Waals surface area contributed by atoms with Crippen LogP contribution in [0.3, 0.4) is 0 Å². The van der Waals surface area contributed by atoms with Crippen LogP contribution in [-0.4, -0.2) is 30.1 Å².